The Bertz CT molecular complexity index is 671. The van der Waals surface area contributed by atoms with E-state index < -0.39 is 5.60 Å². The van der Waals surface area contributed by atoms with E-state index in [-0.39, 0.29) is 12.1 Å². The Kier molecular flexibility index (Phi) is 8.34. The molecule has 164 valence electrons. The number of nitrogens with one attached hydrogen (secondary N) is 2. The molecule has 0 radical (unpaired) electrons. The molecular weight excluding hydrogens is 370 g/mol. The first-order chi connectivity index (χ1) is 13.8. The summed E-state index contributed by atoms with van der Waals surface area (Å²) < 4.78 is 11.0. The minimum Gasteiger partial charge on any atom is -0.444 e. The molecule has 1 aromatic rings. The highest BCUT2D eigenvalue weighted by Gasteiger charge is 2.30. The second-order valence-electron chi connectivity index (χ2n) is 8.37. The summed E-state index contributed by atoms with van der Waals surface area (Å²) >= 11 is 0. The largest absolute Gasteiger partial charge is 0.444 e. The number of likely N-dealkylation sites (tertiary alicyclic amines) is 1. The summed E-state index contributed by atoms with van der Waals surface area (Å²) in [5, 5.41) is 10.9. The second kappa shape index (κ2) is 10.5. The molecule has 0 bridgehead atoms. The van der Waals surface area contributed by atoms with Crippen molar-refractivity contribution in [3.63, 3.8) is 0 Å². The van der Waals surface area contributed by atoms with Crippen LogP contribution >= 0.6 is 0 Å². The SMILES string of the molecule is CCc1noc(CC)c1CNC(=NC)NCC1CCCCN1C(=O)OC(C)(C)C. The van der Waals surface area contributed by atoms with Crippen LogP contribution < -0.4 is 10.6 Å². The Morgan fingerprint density at radius 2 is 2.03 bits per heavy atom. The lowest BCUT2D eigenvalue weighted by Crippen LogP contribution is -2.52. The van der Waals surface area contributed by atoms with E-state index in [2.05, 4.69) is 34.6 Å². The van der Waals surface area contributed by atoms with Crippen molar-refractivity contribution in [2.24, 2.45) is 4.99 Å². The Labute approximate surface area is 174 Å². The van der Waals surface area contributed by atoms with E-state index in [0.29, 0.717) is 19.0 Å². The summed E-state index contributed by atoms with van der Waals surface area (Å²) in [6.07, 6.45) is 4.47. The zero-order chi connectivity index (χ0) is 21.4. The molecule has 8 heteroatoms. The Morgan fingerprint density at radius 1 is 1.28 bits per heavy atom. The number of piperidine rings is 1. The summed E-state index contributed by atoms with van der Waals surface area (Å²) in [4.78, 5) is 18.7. The van der Waals surface area contributed by atoms with E-state index in [1.807, 2.05) is 25.7 Å². The third-order valence-corrected chi connectivity index (χ3v) is 5.02. The average Bonchev–Trinajstić information content (AvgIpc) is 3.09. The van der Waals surface area contributed by atoms with Crippen LogP contribution in [0.1, 0.15) is 70.9 Å². The number of carbonyl (C=O) groups is 1. The Hall–Kier alpha value is -2.25. The molecule has 1 amide bonds. The van der Waals surface area contributed by atoms with Gasteiger partial charge in [0.05, 0.1) is 11.7 Å². The molecule has 2 N–H and O–H groups in total. The normalized spacial score (nSPS) is 17.9. The quantitative estimate of drug-likeness (QED) is 0.555. The topological polar surface area (TPSA) is 92.0 Å². The highest BCUT2D eigenvalue weighted by molar-refractivity contribution is 5.79. The van der Waals surface area contributed by atoms with Gasteiger partial charge in [0.1, 0.15) is 11.4 Å². The van der Waals surface area contributed by atoms with Crippen LogP contribution in [-0.4, -0.2) is 53.9 Å². The van der Waals surface area contributed by atoms with Crippen LogP contribution in [0, 0.1) is 0 Å². The van der Waals surface area contributed by atoms with Crippen LogP contribution in [0.3, 0.4) is 0 Å². The van der Waals surface area contributed by atoms with Crippen molar-refractivity contribution in [1.29, 1.82) is 0 Å². The number of ether oxygens (including phenoxy) is 1. The molecule has 0 aliphatic carbocycles. The number of aromatic nitrogens is 1. The van der Waals surface area contributed by atoms with Crippen LogP contribution in [-0.2, 0) is 24.1 Å². The maximum atomic E-state index is 12.6. The standard InChI is InChI=1S/C21H37N5O3/c1-7-17-16(18(8-2)29-25-17)14-24-19(22-6)23-13-15-11-9-10-12-26(15)20(27)28-21(3,4)5/h15H,7-14H2,1-6H3,(H2,22,23,24). The lowest BCUT2D eigenvalue weighted by molar-refractivity contribution is 0.0104. The predicted molar refractivity (Wildman–Crippen MR) is 114 cm³/mol. The highest BCUT2D eigenvalue weighted by Crippen LogP contribution is 2.20. The first-order valence-corrected chi connectivity index (χ1v) is 10.7. The lowest BCUT2D eigenvalue weighted by Gasteiger charge is -2.37. The Morgan fingerprint density at radius 3 is 2.66 bits per heavy atom. The van der Waals surface area contributed by atoms with Gasteiger partial charge in [0, 0.05) is 38.7 Å². The molecule has 1 aliphatic rings. The molecule has 0 saturated carbocycles. The maximum absolute atomic E-state index is 12.6. The highest BCUT2D eigenvalue weighted by atomic mass is 16.6. The van der Waals surface area contributed by atoms with Crippen LogP contribution in [0.15, 0.2) is 9.52 Å². The van der Waals surface area contributed by atoms with Gasteiger partial charge in [-0.3, -0.25) is 4.99 Å². The zero-order valence-corrected chi connectivity index (χ0v) is 18.8. The van der Waals surface area contributed by atoms with Crippen LogP contribution in [0.25, 0.3) is 0 Å². The van der Waals surface area contributed by atoms with Gasteiger partial charge < -0.3 is 24.8 Å². The van der Waals surface area contributed by atoms with Crippen molar-refractivity contribution in [3.05, 3.63) is 17.0 Å². The monoisotopic (exact) mass is 407 g/mol. The van der Waals surface area contributed by atoms with E-state index in [9.17, 15) is 4.79 Å². The van der Waals surface area contributed by atoms with Gasteiger partial charge in [-0.2, -0.15) is 0 Å². The molecule has 8 nitrogen and oxygen atoms in total. The van der Waals surface area contributed by atoms with Gasteiger partial charge in [-0.05, 0) is 46.5 Å². The minimum absolute atomic E-state index is 0.0881. The van der Waals surface area contributed by atoms with Crippen molar-refractivity contribution in [2.45, 2.75) is 84.9 Å². The second-order valence-corrected chi connectivity index (χ2v) is 8.37. The van der Waals surface area contributed by atoms with E-state index in [1.54, 1.807) is 7.05 Å². The predicted octanol–water partition coefficient (Wildman–Crippen LogP) is 3.25. The zero-order valence-electron chi connectivity index (χ0n) is 18.8. The molecule has 1 aromatic heterocycles. The number of hydrogen-bond donors (Lipinski definition) is 2. The molecule has 0 spiro atoms. The summed E-state index contributed by atoms with van der Waals surface area (Å²) in [5.74, 6) is 1.61. The molecular formula is C21H37N5O3. The van der Waals surface area contributed by atoms with Crippen LogP contribution in [0.4, 0.5) is 4.79 Å². The Balaban J connectivity index is 1.93. The number of aliphatic imine (C=N–C) groups is 1. The molecule has 2 heterocycles. The summed E-state index contributed by atoms with van der Waals surface area (Å²) in [6, 6.07) is 0.0881. The molecule has 1 aliphatic heterocycles. The summed E-state index contributed by atoms with van der Waals surface area (Å²) in [6.45, 7) is 11.8. The van der Waals surface area contributed by atoms with Gasteiger partial charge >= 0.3 is 6.09 Å². The smallest absolute Gasteiger partial charge is 0.410 e. The fourth-order valence-corrected chi connectivity index (χ4v) is 3.52. The molecule has 29 heavy (non-hydrogen) atoms. The average molecular weight is 408 g/mol. The van der Waals surface area contributed by atoms with Crippen molar-refractivity contribution in [3.8, 4) is 0 Å². The van der Waals surface area contributed by atoms with Crippen LogP contribution in [0.2, 0.25) is 0 Å². The third kappa shape index (κ3) is 6.65. The molecule has 0 aromatic carbocycles. The summed E-state index contributed by atoms with van der Waals surface area (Å²) in [7, 11) is 1.75. The summed E-state index contributed by atoms with van der Waals surface area (Å²) in [5.41, 5.74) is 1.59. The van der Waals surface area contributed by atoms with Gasteiger partial charge in [-0.25, -0.2) is 4.79 Å². The molecule has 1 atom stereocenters. The number of guanidine groups is 1. The molecule has 1 fully saturated rings. The first-order valence-electron chi connectivity index (χ1n) is 10.7. The van der Waals surface area contributed by atoms with Gasteiger partial charge in [0.2, 0.25) is 0 Å². The lowest BCUT2D eigenvalue weighted by atomic mass is 10.0. The van der Waals surface area contributed by atoms with Crippen molar-refractivity contribution < 1.29 is 14.1 Å². The fourth-order valence-electron chi connectivity index (χ4n) is 3.52. The fraction of sp³-hybridized carbons (Fsp3) is 0.762. The number of rotatable bonds is 6. The van der Waals surface area contributed by atoms with Crippen molar-refractivity contribution in [2.75, 3.05) is 20.1 Å². The van der Waals surface area contributed by atoms with E-state index in [1.165, 1.54) is 0 Å². The number of aryl methyl sites for hydroxylation is 2. The molecule has 2 rings (SSSR count). The van der Waals surface area contributed by atoms with Crippen molar-refractivity contribution in [1.82, 2.24) is 20.7 Å². The van der Waals surface area contributed by atoms with Gasteiger partial charge in [-0.1, -0.05) is 19.0 Å². The van der Waals surface area contributed by atoms with Gasteiger partial charge in [-0.15, -0.1) is 0 Å². The maximum Gasteiger partial charge on any atom is 0.410 e. The van der Waals surface area contributed by atoms with E-state index in [4.69, 9.17) is 9.26 Å². The van der Waals surface area contributed by atoms with Gasteiger partial charge in [0.15, 0.2) is 5.96 Å². The minimum atomic E-state index is -0.489. The van der Waals surface area contributed by atoms with Gasteiger partial charge in [0.25, 0.3) is 0 Å². The number of hydrogen-bond acceptors (Lipinski definition) is 5. The molecule has 1 saturated heterocycles. The van der Waals surface area contributed by atoms with E-state index in [0.717, 1.165) is 55.7 Å². The number of amides is 1. The van der Waals surface area contributed by atoms with Crippen molar-refractivity contribution >= 4 is 12.1 Å². The number of carbonyl (C=O) groups excluding carboxylic acids is 1. The number of nitrogens with zero attached hydrogens (tertiary/aromatic N) is 3. The molecule has 1 unspecified atom stereocenters. The third-order valence-electron chi connectivity index (χ3n) is 5.02. The van der Waals surface area contributed by atoms with Crippen LogP contribution in [0.5, 0.6) is 0 Å². The first kappa shape index (κ1) is 23.0. The van der Waals surface area contributed by atoms with E-state index >= 15 is 0 Å².